The number of rotatable bonds is 5. The Bertz CT molecular complexity index is 1250. The van der Waals surface area contributed by atoms with Crippen LogP contribution in [0.3, 0.4) is 0 Å². The van der Waals surface area contributed by atoms with Crippen LogP contribution in [0, 0.1) is 11.7 Å². The minimum absolute atomic E-state index is 0.000850. The lowest BCUT2D eigenvalue weighted by atomic mass is 9.96. The molecule has 2 aromatic carbocycles. The molecular weight excluding hydrogens is 435 g/mol. The smallest absolute Gasteiger partial charge is 0.229 e. The number of fused-ring (bicyclic) bond motifs is 2. The molecule has 1 aliphatic heterocycles. The highest BCUT2D eigenvalue weighted by Crippen LogP contribution is 2.33. The van der Waals surface area contributed by atoms with E-state index in [0.29, 0.717) is 17.3 Å². The van der Waals surface area contributed by atoms with E-state index in [0.717, 1.165) is 51.7 Å². The van der Waals surface area contributed by atoms with Gasteiger partial charge in [-0.05, 0) is 50.1 Å². The van der Waals surface area contributed by atoms with Crippen LogP contribution in [0.2, 0.25) is 0 Å². The standard InChI is InChI=1S/C22H21FN4O2S2/c1-2-29-14-6-7-16-18(12-14)30-21(24-16)26-20(28)13-8-10-27(11-9-13)22-25-19-15(23)4-3-5-17(19)31-22/h3-7,12-13H,2,8-11H2,1H3,(H,24,26,28). The lowest BCUT2D eigenvalue weighted by molar-refractivity contribution is -0.120. The number of anilines is 2. The van der Waals surface area contributed by atoms with Crippen LogP contribution in [0.4, 0.5) is 14.7 Å². The number of benzene rings is 2. The number of carbonyl (C=O) groups is 1. The number of nitrogens with zero attached hydrogens (tertiary/aromatic N) is 3. The summed E-state index contributed by atoms with van der Waals surface area (Å²) in [4.78, 5) is 23.9. The highest BCUT2D eigenvalue weighted by atomic mass is 32.1. The van der Waals surface area contributed by atoms with Gasteiger partial charge in [0.2, 0.25) is 5.91 Å². The summed E-state index contributed by atoms with van der Waals surface area (Å²) in [5, 5.41) is 4.41. The monoisotopic (exact) mass is 456 g/mol. The summed E-state index contributed by atoms with van der Waals surface area (Å²) in [5.41, 5.74) is 1.27. The summed E-state index contributed by atoms with van der Waals surface area (Å²) in [6, 6.07) is 10.8. The van der Waals surface area contributed by atoms with Gasteiger partial charge in [0.1, 0.15) is 17.1 Å². The van der Waals surface area contributed by atoms with Gasteiger partial charge in [-0.25, -0.2) is 14.4 Å². The summed E-state index contributed by atoms with van der Waals surface area (Å²) >= 11 is 2.95. The zero-order chi connectivity index (χ0) is 21.4. The maximum absolute atomic E-state index is 13.9. The van der Waals surface area contributed by atoms with Crippen molar-refractivity contribution in [3.8, 4) is 5.75 Å². The molecule has 6 nitrogen and oxygen atoms in total. The van der Waals surface area contributed by atoms with Gasteiger partial charge in [-0.1, -0.05) is 28.7 Å². The van der Waals surface area contributed by atoms with E-state index in [1.807, 2.05) is 31.2 Å². The fourth-order valence-corrected chi connectivity index (χ4v) is 5.72. The third-order valence-electron chi connectivity index (χ3n) is 5.40. The van der Waals surface area contributed by atoms with Crippen LogP contribution in [-0.2, 0) is 4.79 Å². The van der Waals surface area contributed by atoms with E-state index in [9.17, 15) is 9.18 Å². The molecule has 0 atom stereocenters. The second kappa shape index (κ2) is 8.39. The molecule has 1 fully saturated rings. The lowest BCUT2D eigenvalue weighted by Gasteiger charge is -2.30. The van der Waals surface area contributed by atoms with Crippen LogP contribution < -0.4 is 15.0 Å². The van der Waals surface area contributed by atoms with Gasteiger partial charge in [-0.3, -0.25) is 4.79 Å². The first-order valence-corrected chi connectivity index (χ1v) is 11.9. The Labute approximate surface area is 186 Å². The van der Waals surface area contributed by atoms with Crippen molar-refractivity contribution in [2.24, 2.45) is 5.92 Å². The van der Waals surface area contributed by atoms with E-state index >= 15 is 0 Å². The number of thiazole rings is 2. The van der Waals surface area contributed by atoms with E-state index in [-0.39, 0.29) is 17.6 Å². The molecule has 0 bridgehead atoms. The second-order valence-electron chi connectivity index (χ2n) is 7.42. The Morgan fingerprint density at radius 3 is 2.81 bits per heavy atom. The minimum Gasteiger partial charge on any atom is -0.494 e. The molecular formula is C22H21FN4O2S2. The SMILES string of the molecule is CCOc1ccc2nc(NC(=O)C3CCN(c4nc5c(F)cccc5s4)CC3)sc2c1. The van der Waals surface area contributed by atoms with Crippen molar-refractivity contribution in [3.63, 3.8) is 0 Å². The van der Waals surface area contributed by atoms with Gasteiger partial charge in [0.25, 0.3) is 0 Å². The summed E-state index contributed by atoms with van der Waals surface area (Å²) in [6.07, 6.45) is 1.45. The average Bonchev–Trinajstić information content (AvgIpc) is 3.38. The Balaban J connectivity index is 1.22. The number of carbonyl (C=O) groups excluding carboxylic acids is 1. The zero-order valence-corrected chi connectivity index (χ0v) is 18.6. The molecule has 4 aromatic rings. The molecule has 0 radical (unpaired) electrons. The van der Waals surface area contributed by atoms with Gasteiger partial charge in [-0.2, -0.15) is 0 Å². The number of nitrogens with one attached hydrogen (secondary N) is 1. The first-order valence-electron chi connectivity index (χ1n) is 10.2. The molecule has 31 heavy (non-hydrogen) atoms. The Morgan fingerprint density at radius 1 is 1.19 bits per heavy atom. The molecule has 0 unspecified atom stereocenters. The predicted molar refractivity (Wildman–Crippen MR) is 124 cm³/mol. The van der Waals surface area contributed by atoms with Crippen molar-refractivity contribution < 1.29 is 13.9 Å². The Kier molecular flexibility index (Phi) is 5.45. The van der Waals surface area contributed by atoms with Gasteiger partial charge < -0.3 is 15.0 Å². The quantitative estimate of drug-likeness (QED) is 0.441. The molecule has 5 rings (SSSR count). The predicted octanol–water partition coefficient (Wildman–Crippen LogP) is 5.30. The number of aromatic nitrogens is 2. The summed E-state index contributed by atoms with van der Waals surface area (Å²) in [5.74, 6) is 0.435. The first-order chi connectivity index (χ1) is 15.1. The van der Waals surface area contributed by atoms with E-state index in [1.165, 1.54) is 28.7 Å². The van der Waals surface area contributed by atoms with Crippen LogP contribution in [0.15, 0.2) is 36.4 Å². The van der Waals surface area contributed by atoms with E-state index in [1.54, 1.807) is 6.07 Å². The number of ether oxygens (including phenoxy) is 1. The normalized spacial score (nSPS) is 15.0. The molecule has 1 amide bonds. The molecule has 9 heteroatoms. The largest absolute Gasteiger partial charge is 0.494 e. The maximum atomic E-state index is 13.9. The van der Waals surface area contributed by atoms with Gasteiger partial charge in [0.05, 0.1) is 21.5 Å². The van der Waals surface area contributed by atoms with Crippen LogP contribution in [0.25, 0.3) is 20.4 Å². The molecule has 0 saturated carbocycles. The van der Waals surface area contributed by atoms with Crippen molar-refractivity contribution in [1.82, 2.24) is 9.97 Å². The Morgan fingerprint density at radius 2 is 2.03 bits per heavy atom. The van der Waals surface area contributed by atoms with Crippen LogP contribution >= 0.6 is 22.7 Å². The van der Waals surface area contributed by atoms with Gasteiger partial charge >= 0.3 is 0 Å². The summed E-state index contributed by atoms with van der Waals surface area (Å²) < 4.78 is 21.3. The fraction of sp³-hybridized carbons (Fsp3) is 0.318. The number of piperidine rings is 1. The topological polar surface area (TPSA) is 67.3 Å². The van der Waals surface area contributed by atoms with Gasteiger partial charge in [0.15, 0.2) is 10.3 Å². The Hall–Kier alpha value is -2.78. The zero-order valence-electron chi connectivity index (χ0n) is 16.9. The molecule has 2 aromatic heterocycles. The van der Waals surface area contributed by atoms with Crippen LogP contribution in [0.5, 0.6) is 5.75 Å². The van der Waals surface area contributed by atoms with Crippen LogP contribution in [-0.4, -0.2) is 35.6 Å². The van der Waals surface area contributed by atoms with Crippen molar-refractivity contribution in [3.05, 3.63) is 42.2 Å². The van der Waals surface area contributed by atoms with Crippen molar-refractivity contribution in [2.45, 2.75) is 19.8 Å². The van der Waals surface area contributed by atoms with Crippen molar-refractivity contribution >= 4 is 59.3 Å². The summed E-state index contributed by atoms with van der Waals surface area (Å²) in [7, 11) is 0. The molecule has 1 N–H and O–H groups in total. The molecule has 1 saturated heterocycles. The first kappa shape index (κ1) is 20.1. The molecule has 0 spiro atoms. The second-order valence-corrected chi connectivity index (χ2v) is 9.45. The molecule has 160 valence electrons. The van der Waals surface area contributed by atoms with Crippen LogP contribution in [0.1, 0.15) is 19.8 Å². The third-order valence-corrected chi connectivity index (χ3v) is 7.41. The van der Waals surface area contributed by atoms with Gasteiger partial charge in [-0.15, -0.1) is 0 Å². The van der Waals surface area contributed by atoms with E-state index in [4.69, 9.17) is 4.74 Å². The number of hydrogen-bond acceptors (Lipinski definition) is 7. The molecule has 1 aliphatic rings. The van der Waals surface area contributed by atoms with E-state index < -0.39 is 0 Å². The van der Waals surface area contributed by atoms with Gasteiger partial charge in [0, 0.05) is 19.0 Å². The van der Waals surface area contributed by atoms with E-state index in [2.05, 4.69) is 20.2 Å². The maximum Gasteiger partial charge on any atom is 0.229 e. The fourth-order valence-electron chi connectivity index (χ4n) is 3.79. The van der Waals surface area contributed by atoms with Crippen molar-refractivity contribution in [1.29, 1.82) is 0 Å². The molecule has 0 aliphatic carbocycles. The van der Waals surface area contributed by atoms with Crippen molar-refractivity contribution in [2.75, 3.05) is 29.9 Å². The lowest BCUT2D eigenvalue weighted by Crippen LogP contribution is -2.38. The average molecular weight is 457 g/mol. The molecule has 3 heterocycles. The minimum atomic E-state index is -0.293. The number of amides is 1. The highest BCUT2D eigenvalue weighted by Gasteiger charge is 2.27. The highest BCUT2D eigenvalue weighted by molar-refractivity contribution is 7.22. The number of para-hydroxylation sites is 1. The number of halogens is 1. The summed E-state index contributed by atoms with van der Waals surface area (Å²) in [6.45, 7) is 4.00. The number of hydrogen-bond donors (Lipinski definition) is 1. The third kappa shape index (κ3) is 4.07.